The van der Waals surface area contributed by atoms with Crippen LogP contribution in [0.3, 0.4) is 0 Å². The summed E-state index contributed by atoms with van der Waals surface area (Å²) >= 11 is 0. The van der Waals surface area contributed by atoms with E-state index in [4.69, 9.17) is 0 Å². The van der Waals surface area contributed by atoms with Crippen molar-refractivity contribution in [2.45, 2.75) is 19.8 Å². The van der Waals surface area contributed by atoms with Crippen molar-refractivity contribution in [2.75, 3.05) is 26.7 Å². The smallest absolute Gasteiger partial charge is 0.183 e. The molecule has 1 heterocycles. The lowest BCUT2D eigenvalue weighted by molar-refractivity contribution is -0.889. The summed E-state index contributed by atoms with van der Waals surface area (Å²) in [6.07, 6.45) is 2.59. The number of rotatable bonds is 2. The van der Waals surface area contributed by atoms with Gasteiger partial charge in [-0.2, -0.15) is 0 Å². The maximum absolute atomic E-state index is 10.8. The molecule has 0 aromatic rings. The summed E-state index contributed by atoms with van der Waals surface area (Å²) in [5.74, 6) is 0.324. The second-order valence-corrected chi connectivity index (χ2v) is 3.63. The highest BCUT2D eigenvalue weighted by Crippen LogP contribution is 2.15. The van der Waals surface area contributed by atoms with Gasteiger partial charge < -0.3 is 16.9 Å². The van der Waals surface area contributed by atoms with Gasteiger partial charge >= 0.3 is 0 Å². The molecule has 0 unspecified atom stereocenters. The fraction of sp³-hybridized carbons (Fsp3) is 0.875. The van der Waals surface area contributed by atoms with Gasteiger partial charge in [0.2, 0.25) is 0 Å². The predicted molar refractivity (Wildman–Crippen MR) is 40.7 cm³/mol. The zero-order valence-electron chi connectivity index (χ0n) is 7.27. The first-order valence-corrected chi connectivity index (χ1v) is 3.95. The Morgan fingerprint density at radius 2 is 1.82 bits per heavy atom. The molecule has 1 aliphatic rings. The Kier molecular flexibility index (Phi) is 4.04. The zero-order valence-corrected chi connectivity index (χ0v) is 8.02. The lowest BCUT2D eigenvalue weighted by Crippen LogP contribution is -3.00. The third kappa shape index (κ3) is 3.21. The van der Waals surface area contributed by atoms with Crippen LogP contribution in [0, 0.1) is 0 Å². The third-order valence-electron chi connectivity index (χ3n) is 2.25. The lowest BCUT2D eigenvalue weighted by Gasteiger charge is -2.27. The van der Waals surface area contributed by atoms with Crippen molar-refractivity contribution in [3.8, 4) is 0 Å². The number of likely N-dealkylation sites (N-methyl/N-ethyl adjacent to an activating group) is 1. The number of hydrogen-bond acceptors (Lipinski definition) is 1. The van der Waals surface area contributed by atoms with E-state index in [9.17, 15) is 4.79 Å². The second-order valence-electron chi connectivity index (χ2n) is 3.63. The number of halogens is 1. The summed E-state index contributed by atoms with van der Waals surface area (Å²) in [5.41, 5.74) is 0. The number of ketones is 1. The molecule has 1 fully saturated rings. The molecular weight excluding hydrogens is 162 g/mol. The van der Waals surface area contributed by atoms with Crippen LogP contribution in [0.15, 0.2) is 0 Å². The van der Waals surface area contributed by atoms with Gasteiger partial charge in [-0.15, -0.1) is 0 Å². The molecule has 1 aliphatic heterocycles. The molecule has 0 bridgehead atoms. The van der Waals surface area contributed by atoms with E-state index in [1.807, 2.05) is 0 Å². The van der Waals surface area contributed by atoms with Crippen LogP contribution in [0.1, 0.15) is 19.8 Å². The molecule has 0 amide bonds. The highest BCUT2D eigenvalue weighted by Gasteiger charge is 2.27. The predicted octanol–water partition coefficient (Wildman–Crippen LogP) is -2.18. The quantitative estimate of drug-likeness (QED) is 0.439. The van der Waals surface area contributed by atoms with E-state index in [-0.39, 0.29) is 12.4 Å². The van der Waals surface area contributed by atoms with E-state index in [0.717, 1.165) is 11.0 Å². The fourth-order valence-electron chi connectivity index (χ4n) is 1.79. The normalized spacial score (nSPS) is 20.9. The Hall–Kier alpha value is -0.0800. The van der Waals surface area contributed by atoms with Crippen molar-refractivity contribution >= 4 is 5.78 Å². The number of nitrogens with zero attached hydrogens (tertiary/aromatic N) is 1. The van der Waals surface area contributed by atoms with Crippen molar-refractivity contribution in [1.82, 2.24) is 0 Å². The molecule has 0 N–H and O–H groups in total. The van der Waals surface area contributed by atoms with E-state index in [1.165, 1.54) is 25.9 Å². The van der Waals surface area contributed by atoms with Crippen LogP contribution in [0.5, 0.6) is 0 Å². The Bertz CT molecular complexity index is 141. The first kappa shape index (κ1) is 10.9. The van der Waals surface area contributed by atoms with Crippen molar-refractivity contribution < 1.29 is 21.7 Å². The third-order valence-corrected chi connectivity index (χ3v) is 2.25. The minimum Gasteiger partial charge on any atom is -1.00 e. The topological polar surface area (TPSA) is 17.1 Å². The minimum atomic E-state index is 0. The molecule has 66 valence electrons. The summed E-state index contributed by atoms with van der Waals surface area (Å²) in [6.45, 7) is 4.81. The van der Waals surface area contributed by atoms with Gasteiger partial charge in [-0.1, -0.05) is 0 Å². The molecule has 11 heavy (non-hydrogen) atoms. The van der Waals surface area contributed by atoms with Crippen molar-refractivity contribution in [3.63, 3.8) is 0 Å². The van der Waals surface area contributed by atoms with Crippen LogP contribution in [0.25, 0.3) is 0 Å². The molecule has 0 aromatic heterocycles. The van der Waals surface area contributed by atoms with Gasteiger partial charge in [0, 0.05) is 19.8 Å². The van der Waals surface area contributed by atoms with Crippen LogP contribution in [-0.2, 0) is 4.79 Å². The fourth-order valence-corrected chi connectivity index (χ4v) is 1.79. The van der Waals surface area contributed by atoms with Gasteiger partial charge in [-0.25, -0.2) is 0 Å². The summed E-state index contributed by atoms with van der Waals surface area (Å²) in [4.78, 5) is 10.8. The molecule has 0 atom stereocenters. The summed E-state index contributed by atoms with van der Waals surface area (Å²) in [7, 11) is 2.17. The minimum absolute atomic E-state index is 0. The van der Waals surface area contributed by atoms with E-state index >= 15 is 0 Å². The Morgan fingerprint density at radius 3 is 2.18 bits per heavy atom. The first-order valence-electron chi connectivity index (χ1n) is 3.95. The molecular formula is C8H16ClNO. The number of Topliss-reactive ketones (excluding diaryl/α,β-unsaturated/α-hetero) is 1. The Morgan fingerprint density at radius 1 is 1.36 bits per heavy atom. The van der Waals surface area contributed by atoms with Gasteiger partial charge in [-0.05, 0) is 0 Å². The highest BCUT2D eigenvalue weighted by molar-refractivity contribution is 5.76. The van der Waals surface area contributed by atoms with Crippen LogP contribution in [-0.4, -0.2) is 36.9 Å². The number of likely N-dealkylation sites (tertiary alicyclic amines) is 1. The summed E-state index contributed by atoms with van der Waals surface area (Å²) in [5, 5.41) is 0. The van der Waals surface area contributed by atoms with E-state index < -0.39 is 0 Å². The maximum Gasteiger partial charge on any atom is 0.183 e. The molecule has 3 heteroatoms. The summed E-state index contributed by atoms with van der Waals surface area (Å²) in [6, 6.07) is 0. The monoisotopic (exact) mass is 177 g/mol. The van der Waals surface area contributed by atoms with Gasteiger partial charge in [-0.3, -0.25) is 4.79 Å². The van der Waals surface area contributed by atoms with Crippen molar-refractivity contribution in [2.24, 2.45) is 0 Å². The van der Waals surface area contributed by atoms with Gasteiger partial charge in [0.25, 0.3) is 0 Å². The van der Waals surface area contributed by atoms with Gasteiger partial charge in [0.1, 0.15) is 6.54 Å². The average molecular weight is 178 g/mol. The number of carbonyl (C=O) groups is 1. The van der Waals surface area contributed by atoms with Gasteiger partial charge in [0.15, 0.2) is 5.78 Å². The number of carbonyl (C=O) groups excluding carboxylic acids is 1. The molecule has 1 rings (SSSR count). The molecule has 0 radical (unpaired) electrons. The van der Waals surface area contributed by atoms with Crippen LogP contribution in [0.2, 0.25) is 0 Å². The second kappa shape index (κ2) is 4.07. The Labute approximate surface area is 74.6 Å². The number of quaternary nitrogens is 1. The molecule has 1 saturated heterocycles. The highest BCUT2D eigenvalue weighted by atomic mass is 35.5. The Balaban J connectivity index is 0.000001000. The molecule has 0 aliphatic carbocycles. The van der Waals surface area contributed by atoms with Crippen LogP contribution in [0.4, 0.5) is 0 Å². The number of hydrogen-bond donors (Lipinski definition) is 0. The van der Waals surface area contributed by atoms with E-state index in [2.05, 4.69) is 7.05 Å². The maximum atomic E-state index is 10.8. The average Bonchev–Trinajstić information content (AvgIpc) is 2.12. The van der Waals surface area contributed by atoms with Crippen LogP contribution < -0.4 is 12.4 Å². The molecule has 0 spiro atoms. The largest absolute Gasteiger partial charge is 1.00 e. The molecule has 2 nitrogen and oxygen atoms in total. The SMILES string of the molecule is CC(=O)C[N+]1(C)CCCC1.[Cl-]. The van der Waals surface area contributed by atoms with E-state index in [1.54, 1.807) is 6.92 Å². The molecule has 0 aromatic carbocycles. The van der Waals surface area contributed by atoms with E-state index in [0.29, 0.717) is 5.78 Å². The first-order chi connectivity index (χ1) is 4.62. The van der Waals surface area contributed by atoms with Crippen molar-refractivity contribution in [3.05, 3.63) is 0 Å². The van der Waals surface area contributed by atoms with Gasteiger partial charge in [0.05, 0.1) is 20.1 Å². The van der Waals surface area contributed by atoms with Crippen molar-refractivity contribution in [1.29, 1.82) is 0 Å². The van der Waals surface area contributed by atoms with Crippen LogP contribution >= 0.6 is 0 Å². The summed E-state index contributed by atoms with van der Waals surface area (Å²) < 4.78 is 0.981. The lowest BCUT2D eigenvalue weighted by atomic mass is 10.3. The molecule has 0 saturated carbocycles. The standard InChI is InChI=1S/C8H16NO.ClH/c1-8(10)7-9(2)5-3-4-6-9;/h3-7H2,1-2H3;1H/q+1;/p-1. The zero-order chi connectivity index (χ0) is 7.61.